The average molecular weight is 242 g/mol. The minimum absolute atomic E-state index is 0.114. The molecule has 1 aliphatic carbocycles. The molecule has 1 rings (SSSR count). The SMILES string of the molecule is CCOC1(C(O)C(C)(C)C)CCC(C)(C)CC1. The maximum atomic E-state index is 10.6. The van der Waals surface area contributed by atoms with Crippen molar-refractivity contribution in [3.05, 3.63) is 0 Å². The first-order valence-corrected chi connectivity index (χ1v) is 6.95. The molecule has 2 heteroatoms. The molecule has 102 valence electrons. The molecule has 17 heavy (non-hydrogen) atoms. The van der Waals surface area contributed by atoms with E-state index in [1.807, 2.05) is 6.92 Å². The van der Waals surface area contributed by atoms with E-state index in [1.165, 1.54) is 0 Å². The van der Waals surface area contributed by atoms with E-state index in [9.17, 15) is 5.11 Å². The molecule has 1 aliphatic rings. The van der Waals surface area contributed by atoms with E-state index < -0.39 is 0 Å². The van der Waals surface area contributed by atoms with Gasteiger partial charge >= 0.3 is 0 Å². The fourth-order valence-corrected chi connectivity index (χ4v) is 2.92. The Bertz CT molecular complexity index is 240. The highest BCUT2D eigenvalue weighted by atomic mass is 16.5. The van der Waals surface area contributed by atoms with Crippen molar-refractivity contribution in [2.24, 2.45) is 10.8 Å². The van der Waals surface area contributed by atoms with Gasteiger partial charge in [-0.2, -0.15) is 0 Å². The van der Waals surface area contributed by atoms with Crippen molar-refractivity contribution in [1.29, 1.82) is 0 Å². The summed E-state index contributed by atoms with van der Waals surface area (Å²) < 4.78 is 6.00. The van der Waals surface area contributed by atoms with Gasteiger partial charge in [-0.25, -0.2) is 0 Å². The van der Waals surface area contributed by atoms with Crippen LogP contribution in [0.4, 0.5) is 0 Å². The van der Waals surface area contributed by atoms with Gasteiger partial charge < -0.3 is 9.84 Å². The maximum absolute atomic E-state index is 10.6. The zero-order valence-corrected chi connectivity index (χ0v) is 12.5. The molecule has 0 amide bonds. The Kier molecular flexibility index (Phi) is 4.31. The van der Waals surface area contributed by atoms with Gasteiger partial charge in [0.05, 0.1) is 11.7 Å². The zero-order valence-electron chi connectivity index (χ0n) is 12.5. The Morgan fingerprint density at radius 3 is 1.94 bits per heavy atom. The molecule has 1 fully saturated rings. The average Bonchev–Trinajstić information content (AvgIpc) is 2.20. The maximum Gasteiger partial charge on any atom is 0.0945 e. The predicted molar refractivity (Wildman–Crippen MR) is 72.1 cm³/mol. The Morgan fingerprint density at radius 2 is 1.59 bits per heavy atom. The zero-order chi connectivity index (χ0) is 13.3. The normalized spacial score (nSPS) is 25.6. The summed E-state index contributed by atoms with van der Waals surface area (Å²) in [6, 6.07) is 0. The highest BCUT2D eigenvalue weighted by Gasteiger charge is 2.48. The van der Waals surface area contributed by atoms with Gasteiger partial charge in [0.25, 0.3) is 0 Å². The van der Waals surface area contributed by atoms with Crippen LogP contribution in [0.15, 0.2) is 0 Å². The van der Waals surface area contributed by atoms with Crippen LogP contribution in [0.5, 0.6) is 0 Å². The first-order chi connectivity index (χ1) is 7.63. The second-order valence-electron chi connectivity index (χ2n) is 7.43. The van der Waals surface area contributed by atoms with Crippen molar-refractivity contribution < 1.29 is 9.84 Å². The Balaban J connectivity index is 2.85. The summed E-state index contributed by atoms with van der Waals surface area (Å²) in [6.45, 7) is 13.6. The van der Waals surface area contributed by atoms with Crippen molar-refractivity contribution >= 4 is 0 Å². The van der Waals surface area contributed by atoms with Gasteiger partial charge in [0, 0.05) is 6.61 Å². The van der Waals surface area contributed by atoms with Gasteiger partial charge in [0.2, 0.25) is 0 Å². The van der Waals surface area contributed by atoms with Crippen molar-refractivity contribution in [1.82, 2.24) is 0 Å². The van der Waals surface area contributed by atoms with E-state index in [4.69, 9.17) is 4.74 Å². The molecule has 1 atom stereocenters. The third kappa shape index (κ3) is 3.45. The Morgan fingerprint density at radius 1 is 1.12 bits per heavy atom. The van der Waals surface area contributed by atoms with Crippen molar-refractivity contribution in [3.63, 3.8) is 0 Å². The first kappa shape index (κ1) is 15.0. The molecule has 0 aromatic rings. The summed E-state index contributed by atoms with van der Waals surface area (Å²) in [5, 5.41) is 10.6. The van der Waals surface area contributed by atoms with Crippen LogP contribution in [-0.4, -0.2) is 23.4 Å². The summed E-state index contributed by atoms with van der Waals surface area (Å²) in [5.74, 6) is 0. The van der Waals surface area contributed by atoms with Gasteiger partial charge in [0.1, 0.15) is 0 Å². The lowest BCUT2D eigenvalue weighted by atomic mass is 9.65. The molecule has 0 radical (unpaired) electrons. The number of aliphatic hydroxyl groups excluding tert-OH is 1. The van der Waals surface area contributed by atoms with E-state index in [0.29, 0.717) is 12.0 Å². The minimum Gasteiger partial charge on any atom is -0.390 e. The molecule has 0 spiro atoms. The van der Waals surface area contributed by atoms with Crippen LogP contribution < -0.4 is 0 Å². The molecule has 1 N–H and O–H groups in total. The number of hydrogen-bond acceptors (Lipinski definition) is 2. The Hall–Kier alpha value is -0.0800. The topological polar surface area (TPSA) is 29.5 Å². The van der Waals surface area contributed by atoms with Crippen molar-refractivity contribution in [3.8, 4) is 0 Å². The first-order valence-electron chi connectivity index (χ1n) is 6.95. The van der Waals surface area contributed by atoms with E-state index in [0.717, 1.165) is 25.7 Å². The third-order valence-corrected chi connectivity index (χ3v) is 4.20. The molecule has 1 saturated carbocycles. The molecule has 0 aromatic heterocycles. The van der Waals surface area contributed by atoms with Crippen molar-refractivity contribution in [2.45, 2.75) is 78.9 Å². The lowest BCUT2D eigenvalue weighted by Crippen LogP contribution is -2.54. The van der Waals surface area contributed by atoms with Gasteiger partial charge in [-0.1, -0.05) is 34.6 Å². The largest absolute Gasteiger partial charge is 0.390 e. The molecule has 2 nitrogen and oxygen atoms in total. The summed E-state index contributed by atoms with van der Waals surface area (Å²) >= 11 is 0. The van der Waals surface area contributed by atoms with Crippen LogP contribution in [0.25, 0.3) is 0 Å². The second kappa shape index (κ2) is 4.89. The minimum atomic E-state index is -0.383. The number of ether oxygens (including phenoxy) is 1. The number of rotatable bonds is 3. The summed E-state index contributed by atoms with van der Waals surface area (Å²) in [5.41, 5.74) is -0.0304. The van der Waals surface area contributed by atoms with Crippen molar-refractivity contribution in [2.75, 3.05) is 6.61 Å². The van der Waals surface area contributed by atoms with Gasteiger partial charge in [-0.3, -0.25) is 0 Å². The fraction of sp³-hybridized carbons (Fsp3) is 1.00. The van der Waals surface area contributed by atoms with E-state index in [-0.39, 0.29) is 17.1 Å². The lowest BCUT2D eigenvalue weighted by Gasteiger charge is -2.49. The van der Waals surface area contributed by atoms with E-state index in [2.05, 4.69) is 34.6 Å². The number of aliphatic hydroxyl groups is 1. The lowest BCUT2D eigenvalue weighted by molar-refractivity contribution is -0.180. The molecule has 0 aromatic carbocycles. The standard InChI is InChI=1S/C15H30O2/c1-7-17-15(12(16)13(2,3)4)10-8-14(5,6)9-11-15/h12,16H,7-11H2,1-6H3. The fourth-order valence-electron chi connectivity index (χ4n) is 2.92. The molecule has 0 aliphatic heterocycles. The van der Waals surface area contributed by atoms with Crippen LogP contribution in [0.1, 0.15) is 67.2 Å². The second-order valence-corrected chi connectivity index (χ2v) is 7.43. The summed E-state index contributed by atoms with van der Waals surface area (Å²) in [4.78, 5) is 0. The predicted octanol–water partition coefficient (Wildman–Crippen LogP) is 3.77. The molecule has 0 saturated heterocycles. The quantitative estimate of drug-likeness (QED) is 0.816. The Labute approximate surface area is 107 Å². The van der Waals surface area contributed by atoms with Gasteiger partial charge in [-0.15, -0.1) is 0 Å². The van der Waals surface area contributed by atoms with Crippen LogP contribution in [0, 0.1) is 10.8 Å². The monoisotopic (exact) mass is 242 g/mol. The molecular formula is C15H30O2. The molecule has 0 heterocycles. The third-order valence-electron chi connectivity index (χ3n) is 4.20. The molecular weight excluding hydrogens is 212 g/mol. The molecule has 1 unspecified atom stereocenters. The van der Waals surface area contributed by atoms with Gasteiger partial charge in [-0.05, 0) is 43.4 Å². The van der Waals surface area contributed by atoms with E-state index in [1.54, 1.807) is 0 Å². The summed E-state index contributed by atoms with van der Waals surface area (Å²) in [7, 11) is 0. The number of hydrogen-bond donors (Lipinski definition) is 1. The van der Waals surface area contributed by atoms with Crippen LogP contribution >= 0.6 is 0 Å². The van der Waals surface area contributed by atoms with Gasteiger partial charge in [0.15, 0.2) is 0 Å². The van der Waals surface area contributed by atoms with E-state index >= 15 is 0 Å². The van der Waals surface area contributed by atoms with Crippen LogP contribution in [0.3, 0.4) is 0 Å². The molecule has 0 bridgehead atoms. The summed E-state index contributed by atoms with van der Waals surface area (Å²) in [6.07, 6.45) is 3.85. The van der Waals surface area contributed by atoms with Crippen LogP contribution in [0.2, 0.25) is 0 Å². The van der Waals surface area contributed by atoms with Crippen LogP contribution in [-0.2, 0) is 4.74 Å². The smallest absolute Gasteiger partial charge is 0.0945 e. The highest BCUT2D eigenvalue weighted by Crippen LogP contribution is 2.46. The highest BCUT2D eigenvalue weighted by molar-refractivity contribution is 4.99.